The van der Waals surface area contributed by atoms with E-state index >= 15 is 0 Å². The first-order chi connectivity index (χ1) is 6.20. The second-order valence-electron chi connectivity index (χ2n) is 3.21. The molecule has 1 aromatic rings. The summed E-state index contributed by atoms with van der Waals surface area (Å²) in [6.07, 6.45) is 3.40. The predicted molar refractivity (Wildman–Crippen MR) is 55.0 cm³/mol. The second kappa shape index (κ2) is 5.02. The van der Waals surface area contributed by atoms with Crippen LogP contribution < -0.4 is 5.32 Å². The molecule has 0 fully saturated rings. The van der Waals surface area contributed by atoms with Crippen molar-refractivity contribution < 1.29 is 0 Å². The van der Waals surface area contributed by atoms with E-state index < -0.39 is 0 Å². The van der Waals surface area contributed by atoms with Crippen molar-refractivity contribution in [2.75, 3.05) is 11.9 Å². The molecule has 1 rings (SSSR count). The number of nitrogens with zero attached hydrogens (tertiary/aromatic N) is 2. The van der Waals surface area contributed by atoms with E-state index in [1.165, 1.54) is 0 Å². The molecule has 1 heterocycles. The van der Waals surface area contributed by atoms with Crippen LogP contribution in [0.3, 0.4) is 0 Å². The Bertz CT molecular complexity index is 238. The molecule has 1 aromatic heterocycles. The van der Waals surface area contributed by atoms with Crippen LogP contribution >= 0.6 is 11.6 Å². The SMILES string of the molecule is CC(C)C(Cl)CNc1ncccn1. The number of alkyl halides is 1. The molecule has 0 aliphatic carbocycles. The first kappa shape index (κ1) is 10.3. The molecular formula is C9H14ClN3. The molecule has 13 heavy (non-hydrogen) atoms. The molecule has 1 N–H and O–H groups in total. The predicted octanol–water partition coefficient (Wildman–Crippen LogP) is 2.15. The molecule has 3 nitrogen and oxygen atoms in total. The Balaban J connectivity index is 2.35. The van der Waals surface area contributed by atoms with E-state index in [1.54, 1.807) is 18.5 Å². The van der Waals surface area contributed by atoms with Gasteiger partial charge in [-0.1, -0.05) is 13.8 Å². The zero-order valence-electron chi connectivity index (χ0n) is 7.87. The highest BCUT2D eigenvalue weighted by Gasteiger charge is 2.08. The van der Waals surface area contributed by atoms with Crippen LogP contribution in [-0.2, 0) is 0 Å². The molecule has 0 aromatic carbocycles. The largest absolute Gasteiger partial charge is 0.353 e. The third-order valence-electron chi connectivity index (χ3n) is 1.74. The van der Waals surface area contributed by atoms with Gasteiger partial charge in [0.25, 0.3) is 0 Å². The van der Waals surface area contributed by atoms with Gasteiger partial charge in [0.15, 0.2) is 0 Å². The number of halogens is 1. The van der Waals surface area contributed by atoms with Crippen LogP contribution in [0.2, 0.25) is 0 Å². The smallest absolute Gasteiger partial charge is 0.222 e. The summed E-state index contributed by atoms with van der Waals surface area (Å²) in [5.41, 5.74) is 0. The lowest BCUT2D eigenvalue weighted by atomic mass is 10.1. The van der Waals surface area contributed by atoms with Crippen LogP contribution in [0.5, 0.6) is 0 Å². The van der Waals surface area contributed by atoms with E-state index in [-0.39, 0.29) is 5.38 Å². The van der Waals surface area contributed by atoms with Gasteiger partial charge in [0.05, 0.1) is 5.38 Å². The molecule has 1 unspecified atom stereocenters. The van der Waals surface area contributed by atoms with Gasteiger partial charge in [-0.3, -0.25) is 0 Å². The highest BCUT2D eigenvalue weighted by molar-refractivity contribution is 6.21. The molecule has 0 radical (unpaired) electrons. The molecule has 0 saturated carbocycles. The molecule has 1 atom stereocenters. The maximum Gasteiger partial charge on any atom is 0.222 e. The second-order valence-corrected chi connectivity index (χ2v) is 3.77. The lowest BCUT2D eigenvalue weighted by Gasteiger charge is -2.13. The van der Waals surface area contributed by atoms with Crippen molar-refractivity contribution in [3.8, 4) is 0 Å². The van der Waals surface area contributed by atoms with Crippen LogP contribution in [0.1, 0.15) is 13.8 Å². The lowest BCUT2D eigenvalue weighted by molar-refractivity contribution is 0.615. The van der Waals surface area contributed by atoms with E-state index in [2.05, 4.69) is 29.1 Å². The first-order valence-electron chi connectivity index (χ1n) is 4.35. The van der Waals surface area contributed by atoms with Crippen molar-refractivity contribution in [2.45, 2.75) is 19.2 Å². The average molecular weight is 200 g/mol. The fourth-order valence-corrected chi connectivity index (χ4v) is 0.892. The highest BCUT2D eigenvalue weighted by Crippen LogP contribution is 2.09. The monoisotopic (exact) mass is 199 g/mol. The third-order valence-corrected chi connectivity index (χ3v) is 2.40. The molecular weight excluding hydrogens is 186 g/mol. The Labute approximate surface area is 83.5 Å². The van der Waals surface area contributed by atoms with Gasteiger partial charge in [-0.05, 0) is 12.0 Å². The zero-order chi connectivity index (χ0) is 9.68. The minimum absolute atomic E-state index is 0.115. The number of anilines is 1. The van der Waals surface area contributed by atoms with Crippen LogP contribution in [-0.4, -0.2) is 21.9 Å². The average Bonchev–Trinajstić information content (AvgIpc) is 2.15. The van der Waals surface area contributed by atoms with Crippen LogP contribution in [0.15, 0.2) is 18.5 Å². The maximum atomic E-state index is 6.05. The number of rotatable bonds is 4. The number of aromatic nitrogens is 2. The van der Waals surface area contributed by atoms with Crippen LogP contribution in [0.4, 0.5) is 5.95 Å². The highest BCUT2D eigenvalue weighted by atomic mass is 35.5. The van der Waals surface area contributed by atoms with Crippen molar-refractivity contribution in [3.63, 3.8) is 0 Å². The summed E-state index contributed by atoms with van der Waals surface area (Å²) in [6.45, 7) is 4.87. The Morgan fingerprint density at radius 1 is 1.38 bits per heavy atom. The molecule has 0 bridgehead atoms. The maximum absolute atomic E-state index is 6.05. The van der Waals surface area contributed by atoms with Gasteiger partial charge in [-0.25, -0.2) is 9.97 Å². The standard InChI is InChI=1S/C9H14ClN3/c1-7(2)8(10)6-13-9-11-4-3-5-12-9/h3-5,7-8H,6H2,1-2H3,(H,11,12,13). The van der Waals surface area contributed by atoms with Crippen molar-refractivity contribution >= 4 is 17.5 Å². The summed E-state index contributed by atoms with van der Waals surface area (Å²) in [6, 6.07) is 1.78. The van der Waals surface area contributed by atoms with E-state index in [0.29, 0.717) is 18.4 Å². The topological polar surface area (TPSA) is 37.8 Å². The fourth-order valence-electron chi connectivity index (χ4n) is 0.815. The summed E-state index contributed by atoms with van der Waals surface area (Å²) < 4.78 is 0. The van der Waals surface area contributed by atoms with Gasteiger partial charge in [0, 0.05) is 18.9 Å². The van der Waals surface area contributed by atoms with Gasteiger partial charge in [-0.2, -0.15) is 0 Å². The van der Waals surface area contributed by atoms with Crippen LogP contribution in [0.25, 0.3) is 0 Å². The van der Waals surface area contributed by atoms with Gasteiger partial charge in [0.1, 0.15) is 0 Å². The first-order valence-corrected chi connectivity index (χ1v) is 4.78. The van der Waals surface area contributed by atoms with Crippen molar-refractivity contribution in [1.82, 2.24) is 9.97 Å². The molecule has 0 aliphatic rings. The zero-order valence-corrected chi connectivity index (χ0v) is 8.62. The molecule has 0 saturated heterocycles. The van der Waals surface area contributed by atoms with E-state index in [4.69, 9.17) is 11.6 Å². The Morgan fingerprint density at radius 3 is 2.54 bits per heavy atom. The van der Waals surface area contributed by atoms with Gasteiger partial charge >= 0.3 is 0 Å². The molecule has 0 spiro atoms. The Kier molecular flexibility index (Phi) is 3.96. The van der Waals surface area contributed by atoms with Gasteiger partial charge < -0.3 is 5.32 Å². The molecule has 72 valence electrons. The Morgan fingerprint density at radius 2 is 2.00 bits per heavy atom. The molecule has 0 aliphatic heterocycles. The lowest BCUT2D eigenvalue weighted by Crippen LogP contribution is -2.20. The van der Waals surface area contributed by atoms with Crippen LogP contribution in [0, 0.1) is 5.92 Å². The number of hydrogen-bond acceptors (Lipinski definition) is 3. The van der Waals surface area contributed by atoms with Gasteiger partial charge in [0.2, 0.25) is 5.95 Å². The van der Waals surface area contributed by atoms with Gasteiger partial charge in [-0.15, -0.1) is 11.6 Å². The minimum atomic E-state index is 0.115. The molecule has 4 heteroatoms. The summed E-state index contributed by atoms with van der Waals surface area (Å²) >= 11 is 6.05. The number of nitrogens with one attached hydrogen (secondary N) is 1. The summed E-state index contributed by atoms with van der Waals surface area (Å²) in [7, 11) is 0. The van der Waals surface area contributed by atoms with Crippen molar-refractivity contribution in [2.24, 2.45) is 5.92 Å². The summed E-state index contributed by atoms with van der Waals surface area (Å²) in [5.74, 6) is 1.09. The Hall–Kier alpha value is -0.830. The van der Waals surface area contributed by atoms with Crippen molar-refractivity contribution in [1.29, 1.82) is 0 Å². The fraction of sp³-hybridized carbons (Fsp3) is 0.556. The van der Waals surface area contributed by atoms with E-state index in [1.807, 2.05) is 0 Å². The normalized spacial score (nSPS) is 12.9. The third kappa shape index (κ3) is 3.59. The quantitative estimate of drug-likeness (QED) is 0.756. The van der Waals surface area contributed by atoms with E-state index in [0.717, 1.165) is 0 Å². The summed E-state index contributed by atoms with van der Waals surface area (Å²) in [5, 5.41) is 3.19. The minimum Gasteiger partial charge on any atom is -0.353 e. The summed E-state index contributed by atoms with van der Waals surface area (Å²) in [4.78, 5) is 8.06. The number of hydrogen-bond donors (Lipinski definition) is 1. The van der Waals surface area contributed by atoms with Crippen molar-refractivity contribution in [3.05, 3.63) is 18.5 Å². The molecule has 0 amide bonds. The van der Waals surface area contributed by atoms with E-state index in [9.17, 15) is 0 Å².